The molecule has 6 nitrogen and oxygen atoms in total. The minimum Gasteiger partial charge on any atom is -0.488 e. The van der Waals surface area contributed by atoms with E-state index in [1.807, 2.05) is 24.3 Å². The van der Waals surface area contributed by atoms with Crippen LogP contribution in [0.4, 0.5) is 0 Å². The Balaban J connectivity index is 1.24. The van der Waals surface area contributed by atoms with E-state index in [0.29, 0.717) is 25.1 Å². The Morgan fingerprint density at radius 2 is 2.07 bits per heavy atom. The maximum absolute atomic E-state index is 5.99. The average molecular weight is 380 g/mol. The number of aromatic nitrogens is 1. The van der Waals surface area contributed by atoms with E-state index in [1.54, 1.807) is 13.2 Å². The van der Waals surface area contributed by atoms with Gasteiger partial charge >= 0.3 is 0 Å². The molecule has 0 spiro atoms. The molecule has 2 aliphatic rings. The highest BCUT2D eigenvalue weighted by Gasteiger charge is 2.22. The Kier molecular flexibility index (Phi) is 5.95. The van der Waals surface area contributed by atoms with E-state index in [0.717, 1.165) is 36.5 Å². The molecule has 1 atom stereocenters. The summed E-state index contributed by atoms with van der Waals surface area (Å²) in [4.78, 5) is 8.66. The molecule has 2 aromatic rings. The second-order valence-electron chi connectivity index (χ2n) is 7.39. The van der Waals surface area contributed by atoms with Crippen molar-refractivity contribution in [3.63, 3.8) is 0 Å². The molecule has 1 fully saturated rings. The van der Waals surface area contributed by atoms with Crippen LogP contribution in [0.1, 0.15) is 36.8 Å². The van der Waals surface area contributed by atoms with E-state index in [1.165, 1.54) is 18.4 Å². The summed E-state index contributed by atoms with van der Waals surface area (Å²) in [6.45, 7) is 1.37. The van der Waals surface area contributed by atoms with Crippen molar-refractivity contribution in [1.29, 1.82) is 0 Å². The highest BCUT2D eigenvalue weighted by molar-refractivity contribution is 5.79. The highest BCUT2D eigenvalue weighted by atomic mass is 16.5. The zero-order valence-electron chi connectivity index (χ0n) is 16.4. The molecule has 0 amide bonds. The van der Waals surface area contributed by atoms with Crippen molar-refractivity contribution in [3.05, 3.63) is 53.7 Å². The topological polar surface area (TPSA) is 67.8 Å². The molecule has 2 heterocycles. The minimum absolute atomic E-state index is 0.128. The summed E-state index contributed by atoms with van der Waals surface area (Å²) in [5.41, 5.74) is 2.39. The Bertz CT molecular complexity index is 793. The number of ether oxygens (including phenoxy) is 2. The summed E-state index contributed by atoms with van der Waals surface area (Å²) >= 11 is 0. The van der Waals surface area contributed by atoms with Crippen LogP contribution in [0.15, 0.2) is 47.6 Å². The van der Waals surface area contributed by atoms with Crippen molar-refractivity contribution < 1.29 is 9.47 Å². The van der Waals surface area contributed by atoms with Gasteiger partial charge in [0.25, 0.3) is 0 Å². The third-order valence-corrected chi connectivity index (χ3v) is 5.28. The van der Waals surface area contributed by atoms with Crippen molar-refractivity contribution in [2.75, 3.05) is 13.6 Å². The largest absolute Gasteiger partial charge is 0.488 e. The van der Waals surface area contributed by atoms with E-state index < -0.39 is 0 Å². The number of nitrogens with zero attached hydrogens (tertiary/aromatic N) is 2. The molecule has 28 heavy (non-hydrogen) atoms. The molecule has 6 heteroatoms. The van der Waals surface area contributed by atoms with Gasteiger partial charge in [-0.25, -0.2) is 4.98 Å². The van der Waals surface area contributed by atoms with E-state index >= 15 is 0 Å². The first-order chi connectivity index (χ1) is 13.8. The standard InChI is InChI=1S/C22H28N4O2/c1-23-22(26-15-19-13-17-6-2-5-9-20(17)27-19)25-14-16-10-11-24-21(12-16)28-18-7-3-4-8-18/h2,5-6,9-12,18-19H,3-4,7-8,13-15H2,1H3,(H2,23,25,26). The number of aliphatic imine (C=N–C) groups is 1. The van der Waals surface area contributed by atoms with Crippen LogP contribution in [-0.2, 0) is 13.0 Å². The van der Waals surface area contributed by atoms with E-state index in [4.69, 9.17) is 9.47 Å². The molecule has 0 saturated heterocycles. The number of rotatable bonds is 6. The van der Waals surface area contributed by atoms with Gasteiger partial charge in [-0.05, 0) is 48.9 Å². The second-order valence-corrected chi connectivity index (χ2v) is 7.39. The fourth-order valence-electron chi connectivity index (χ4n) is 3.79. The maximum Gasteiger partial charge on any atom is 0.213 e. The molecule has 1 aromatic heterocycles. The number of fused-ring (bicyclic) bond motifs is 1. The van der Waals surface area contributed by atoms with Crippen LogP contribution in [-0.4, -0.2) is 36.7 Å². The summed E-state index contributed by atoms with van der Waals surface area (Å²) < 4.78 is 12.0. The smallest absolute Gasteiger partial charge is 0.213 e. The third-order valence-electron chi connectivity index (χ3n) is 5.28. The summed E-state index contributed by atoms with van der Waals surface area (Å²) in [6, 6.07) is 12.2. The molecule has 1 aliphatic heterocycles. The first-order valence-electron chi connectivity index (χ1n) is 10.1. The van der Waals surface area contributed by atoms with Gasteiger partial charge in [-0.1, -0.05) is 18.2 Å². The number of hydrogen-bond donors (Lipinski definition) is 2. The molecule has 148 valence electrons. The van der Waals surface area contributed by atoms with Gasteiger partial charge in [-0.15, -0.1) is 0 Å². The van der Waals surface area contributed by atoms with E-state index in [2.05, 4.69) is 32.7 Å². The van der Waals surface area contributed by atoms with E-state index in [9.17, 15) is 0 Å². The lowest BCUT2D eigenvalue weighted by Gasteiger charge is -2.16. The molecule has 0 radical (unpaired) electrons. The highest BCUT2D eigenvalue weighted by Crippen LogP contribution is 2.27. The van der Waals surface area contributed by atoms with Crippen LogP contribution in [0.5, 0.6) is 11.6 Å². The van der Waals surface area contributed by atoms with Crippen LogP contribution >= 0.6 is 0 Å². The molecular weight excluding hydrogens is 352 g/mol. The van der Waals surface area contributed by atoms with Crippen LogP contribution in [0.2, 0.25) is 0 Å². The van der Waals surface area contributed by atoms with Crippen molar-refractivity contribution in [3.8, 4) is 11.6 Å². The van der Waals surface area contributed by atoms with Crippen LogP contribution in [0.25, 0.3) is 0 Å². The average Bonchev–Trinajstić information content (AvgIpc) is 3.37. The zero-order chi connectivity index (χ0) is 19.2. The predicted molar refractivity (Wildman–Crippen MR) is 110 cm³/mol. The number of benzene rings is 1. The first kappa shape index (κ1) is 18.6. The Hall–Kier alpha value is -2.76. The van der Waals surface area contributed by atoms with Crippen molar-refractivity contribution in [1.82, 2.24) is 15.6 Å². The monoisotopic (exact) mass is 380 g/mol. The fourth-order valence-corrected chi connectivity index (χ4v) is 3.79. The molecular formula is C22H28N4O2. The molecule has 1 unspecified atom stereocenters. The fraction of sp³-hybridized carbons (Fsp3) is 0.455. The van der Waals surface area contributed by atoms with Gasteiger partial charge in [0, 0.05) is 32.3 Å². The Morgan fingerprint density at radius 3 is 2.89 bits per heavy atom. The van der Waals surface area contributed by atoms with Crippen molar-refractivity contribution in [2.45, 2.75) is 50.9 Å². The molecule has 1 saturated carbocycles. The maximum atomic E-state index is 5.99. The van der Waals surface area contributed by atoms with Crippen LogP contribution < -0.4 is 20.1 Å². The molecule has 4 rings (SSSR count). The molecule has 1 aromatic carbocycles. The van der Waals surface area contributed by atoms with Gasteiger partial charge in [0.2, 0.25) is 5.88 Å². The summed E-state index contributed by atoms with van der Waals surface area (Å²) in [7, 11) is 1.78. The third kappa shape index (κ3) is 4.74. The van der Waals surface area contributed by atoms with Gasteiger partial charge in [0.15, 0.2) is 5.96 Å². The van der Waals surface area contributed by atoms with Gasteiger partial charge in [0.05, 0.1) is 6.54 Å². The SMILES string of the molecule is CN=C(NCc1ccnc(OC2CCCC2)c1)NCC1Cc2ccccc2O1. The Labute approximate surface area is 166 Å². The summed E-state index contributed by atoms with van der Waals surface area (Å²) in [5.74, 6) is 2.46. The molecule has 2 N–H and O–H groups in total. The number of guanidine groups is 1. The minimum atomic E-state index is 0.128. The zero-order valence-corrected chi connectivity index (χ0v) is 16.4. The van der Waals surface area contributed by atoms with Gasteiger partial charge in [0.1, 0.15) is 18.0 Å². The van der Waals surface area contributed by atoms with Gasteiger partial charge < -0.3 is 20.1 Å². The van der Waals surface area contributed by atoms with Crippen molar-refractivity contribution in [2.24, 2.45) is 4.99 Å². The quantitative estimate of drug-likeness (QED) is 0.595. The van der Waals surface area contributed by atoms with Gasteiger partial charge in [-0.3, -0.25) is 4.99 Å². The summed E-state index contributed by atoms with van der Waals surface area (Å²) in [6.07, 6.45) is 7.95. The summed E-state index contributed by atoms with van der Waals surface area (Å²) in [5, 5.41) is 6.71. The van der Waals surface area contributed by atoms with Crippen LogP contribution in [0, 0.1) is 0 Å². The molecule has 1 aliphatic carbocycles. The predicted octanol–water partition coefficient (Wildman–Crippen LogP) is 3.07. The molecule has 0 bridgehead atoms. The number of pyridine rings is 1. The number of para-hydroxylation sites is 1. The first-order valence-corrected chi connectivity index (χ1v) is 10.1. The lowest BCUT2D eigenvalue weighted by molar-refractivity contribution is 0.201. The second kappa shape index (κ2) is 8.95. The van der Waals surface area contributed by atoms with E-state index in [-0.39, 0.29) is 6.10 Å². The lowest BCUT2D eigenvalue weighted by Crippen LogP contribution is -2.41. The lowest BCUT2D eigenvalue weighted by atomic mass is 10.1. The Morgan fingerprint density at radius 1 is 1.21 bits per heavy atom. The van der Waals surface area contributed by atoms with Crippen LogP contribution in [0.3, 0.4) is 0 Å². The van der Waals surface area contributed by atoms with Gasteiger partial charge in [-0.2, -0.15) is 0 Å². The number of hydrogen-bond acceptors (Lipinski definition) is 4. The number of nitrogens with one attached hydrogen (secondary N) is 2. The van der Waals surface area contributed by atoms with Crippen molar-refractivity contribution >= 4 is 5.96 Å². The normalized spacial score (nSPS) is 19.2.